The van der Waals surface area contributed by atoms with E-state index in [1.807, 2.05) is 11.0 Å². The zero-order valence-electron chi connectivity index (χ0n) is 16.1. The van der Waals surface area contributed by atoms with Crippen molar-refractivity contribution in [2.75, 3.05) is 13.1 Å². The van der Waals surface area contributed by atoms with Crippen LogP contribution in [-0.2, 0) is 22.6 Å². The smallest absolute Gasteiger partial charge is 0.237 e. The van der Waals surface area contributed by atoms with E-state index in [2.05, 4.69) is 29.6 Å². The molecule has 0 saturated carbocycles. The fraction of sp³-hybridized carbons (Fsp3) is 0.455. The Kier molecular flexibility index (Phi) is 5.99. The maximum Gasteiger partial charge on any atom is 0.237 e. The van der Waals surface area contributed by atoms with Crippen molar-refractivity contribution in [2.24, 2.45) is 11.3 Å². The second-order valence-corrected chi connectivity index (χ2v) is 7.81. The van der Waals surface area contributed by atoms with Crippen molar-refractivity contribution in [3.63, 3.8) is 0 Å². The third-order valence-electron chi connectivity index (χ3n) is 5.37. The summed E-state index contributed by atoms with van der Waals surface area (Å²) < 4.78 is 5.22. The summed E-state index contributed by atoms with van der Waals surface area (Å²) in [5, 5.41) is 2.81. The molecule has 27 heavy (non-hydrogen) atoms. The summed E-state index contributed by atoms with van der Waals surface area (Å²) >= 11 is 0. The van der Waals surface area contributed by atoms with Gasteiger partial charge in [0.05, 0.1) is 12.8 Å². The Morgan fingerprint density at radius 3 is 2.44 bits per heavy atom. The molecule has 1 aliphatic rings. The number of benzene rings is 1. The lowest BCUT2D eigenvalue weighted by Gasteiger charge is -2.36. The molecule has 0 unspecified atom stereocenters. The summed E-state index contributed by atoms with van der Waals surface area (Å²) in [4.78, 5) is 27.3. The van der Waals surface area contributed by atoms with Crippen LogP contribution in [-0.4, -0.2) is 29.8 Å². The van der Waals surface area contributed by atoms with Crippen LogP contribution in [0.1, 0.15) is 38.0 Å². The van der Waals surface area contributed by atoms with E-state index in [9.17, 15) is 9.59 Å². The first-order chi connectivity index (χ1) is 13.0. The van der Waals surface area contributed by atoms with Gasteiger partial charge in [-0.25, -0.2) is 0 Å². The van der Waals surface area contributed by atoms with Crippen LogP contribution >= 0.6 is 0 Å². The Labute approximate surface area is 160 Å². The fourth-order valence-corrected chi connectivity index (χ4v) is 3.58. The quantitative estimate of drug-likeness (QED) is 0.795. The molecule has 1 aromatic heterocycles. The molecule has 5 heteroatoms. The van der Waals surface area contributed by atoms with Gasteiger partial charge >= 0.3 is 0 Å². The van der Waals surface area contributed by atoms with Crippen LogP contribution in [0.3, 0.4) is 0 Å². The van der Waals surface area contributed by atoms with Crippen molar-refractivity contribution in [2.45, 2.75) is 39.7 Å². The van der Waals surface area contributed by atoms with E-state index >= 15 is 0 Å². The van der Waals surface area contributed by atoms with Crippen molar-refractivity contribution in [3.8, 4) is 0 Å². The van der Waals surface area contributed by atoms with Crippen molar-refractivity contribution in [1.82, 2.24) is 10.2 Å². The Morgan fingerprint density at radius 1 is 1.11 bits per heavy atom. The van der Waals surface area contributed by atoms with Crippen LogP contribution in [0.15, 0.2) is 53.1 Å². The van der Waals surface area contributed by atoms with Crippen LogP contribution in [0.5, 0.6) is 0 Å². The molecule has 0 spiro atoms. The van der Waals surface area contributed by atoms with Crippen LogP contribution in [0, 0.1) is 11.3 Å². The first-order valence-electron chi connectivity index (χ1n) is 9.61. The normalized spacial score (nSPS) is 15.6. The number of rotatable bonds is 6. The standard InChI is InChI=1S/C22H28N2O3/c1-22(2,20(25)23-16-19-9-6-14-27-19)21(26)24-12-10-18(11-13-24)15-17-7-4-3-5-8-17/h3-9,14,18H,10-13,15-16H2,1-2H3,(H,23,25). The Morgan fingerprint density at radius 2 is 1.81 bits per heavy atom. The predicted octanol–water partition coefficient (Wildman–Crippen LogP) is 3.40. The van der Waals surface area contributed by atoms with Crippen molar-refractivity contribution >= 4 is 11.8 Å². The van der Waals surface area contributed by atoms with Gasteiger partial charge in [0.2, 0.25) is 11.8 Å². The highest BCUT2D eigenvalue weighted by molar-refractivity contribution is 6.04. The largest absolute Gasteiger partial charge is 0.467 e. The van der Waals surface area contributed by atoms with Crippen molar-refractivity contribution in [3.05, 3.63) is 60.1 Å². The average Bonchev–Trinajstić information content (AvgIpc) is 3.20. The van der Waals surface area contributed by atoms with Crippen LogP contribution in [0.25, 0.3) is 0 Å². The number of hydrogen-bond acceptors (Lipinski definition) is 3. The number of furan rings is 1. The molecular formula is C22H28N2O3. The Balaban J connectivity index is 1.50. The van der Waals surface area contributed by atoms with Gasteiger partial charge in [0.15, 0.2) is 0 Å². The van der Waals surface area contributed by atoms with E-state index in [4.69, 9.17) is 4.42 Å². The maximum atomic E-state index is 12.9. The second-order valence-electron chi connectivity index (χ2n) is 7.81. The molecule has 1 aliphatic heterocycles. The number of piperidine rings is 1. The van der Waals surface area contributed by atoms with E-state index in [-0.39, 0.29) is 11.8 Å². The first-order valence-corrected chi connectivity index (χ1v) is 9.61. The summed E-state index contributed by atoms with van der Waals surface area (Å²) in [7, 11) is 0. The van der Waals surface area contributed by atoms with E-state index in [1.54, 1.807) is 32.2 Å². The molecule has 2 heterocycles. The molecule has 2 amide bonds. The number of nitrogens with one attached hydrogen (secondary N) is 1. The third-order valence-corrected chi connectivity index (χ3v) is 5.37. The van der Waals surface area contributed by atoms with E-state index < -0.39 is 5.41 Å². The van der Waals surface area contributed by atoms with E-state index in [0.717, 1.165) is 19.3 Å². The molecule has 3 rings (SSSR count). The summed E-state index contributed by atoms with van der Waals surface area (Å²) in [6, 6.07) is 14.1. The molecule has 0 aliphatic carbocycles. The van der Waals surface area contributed by atoms with E-state index in [0.29, 0.717) is 31.3 Å². The topological polar surface area (TPSA) is 62.6 Å². The van der Waals surface area contributed by atoms with Gasteiger partial charge in [-0.3, -0.25) is 9.59 Å². The third kappa shape index (κ3) is 4.79. The molecule has 1 fully saturated rings. The molecule has 0 radical (unpaired) electrons. The van der Waals surface area contributed by atoms with Gasteiger partial charge in [-0.2, -0.15) is 0 Å². The van der Waals surface area contributed by atoms with E-state index in [1.165, 1.54) is 5.56 Å². The molecule has 0 bridgehead atoms. The van der Waals surface area contributed by atoms with Crippen LogP contribution in [0.4, 0.5) is 0 Å². The number of hydrogen-bond donors (Lipinski definition) is 1. The van der Waals surface area contributed by atoms with Crippen LogP contribution < -0.4 is 5.32 Å². The van der Waals surface area contributed by atoms with Gasteiger partial charge in [-0.1, -0.05) is 30.3 Å². The molecule has 0 atom stereocenters. The number of carbonyl (C=O) groups excluding carboxylic acids is 2. The summed E-state index contributed by atoms with van der Waals surface area (Å²) in [6.07, 6.45) is 4.57. The number of amides is 2. The monoisotopic (exact) mass is 368 g/mol. The molecule has 1 N–H and O–H groups in total. The molecular weight excluding hydrogens is 340 g/mol. The van der Waals surface area contributed by atoms with Gasteiger partial charge in [-0.15, -0.1) is 0 Å². The fourth-order valence-electron chi connectivity index (χ4n) is 3.58. The average molecular weight is 368 g/mol. The van der Waals surface area contributed by atoms with Gasteiger partial charge in [0.1, 0.15) is 11.2 Å². The minimum Gasteiger partial charge on any atom is -0.467 e. The highest BCUT2D eigenvalue weighted by Crippen LogP contribution is 2.26. The minimum atomic E-state index is -1.08. The van der Waals surface area contributed by atoms with Gasteiger partial charge < -0.3 is 14.6 Å². The number of likely N-dealkylation sites (tertiary alicyclic amines) is 1. The zero-order valence-corrected chi connectivity index (χ0v) is 16.1. The number of carbonyl (C=O) groups is 2. The lowest BCUT2D eigenvalue weighted by atomic mass is 9.86. The van der Waals surface area contributed by atoms with Gasteiger partial charge in [0, 0.05) is 13.1 Å². The number of nitrogens with zero attached hydrogens (tertiary/aromatic N) is 1. The lowest BCUT2D eigenvalue weighted by molar-refractivity contribution is -0.149. The molecule has 5 nitrogen and oxygen atoms in total. The van der Waals surface area contributed by atoms with Crippen molar-refractivity contribution in [1.29, 1.82) is 0 Å². The summed E-state index contributed by atoms with van der Waals surface area (Å²) in [5.74, 6) is 0.897. The van der Waals surface area contributed by atoms with Gasteiger partial charge in [0.25, 0.3) is 0 Å². The van der Waals surface area contributed by atoms with Crippen LogP contribution in [0.2, 0.25) is 0 Å². The van der Waals surface area contributed by atoms with Crippen molar-refractivity contribution < 1.29 is 14.0 Å². The molecule has 1 saturated heterocycles. The molecule has 2 aromatic rings. The maximum absolute atomic E-state index is 12.9. The SMILES string of the molecule is CC(C)(C(=O)NCc1ccco1)C(=O)N1CCC(Cc2ccccc2)CC1. The second kappa shape index (κ2) is 8.42. The summed E-state index contributed by atoms with van der Waals surface area (Å²) in [6.45, 7) is 5.11. The Hall–Kier alpha value is -2.56. The first kappa shape index (κ1) is 19.2. The summed E-state index contributed by atoms with van der Waals surface area (Å²) in [5.41, 5.74) is 0.263. The lowest BCUT2D eigenvalue weighted by Crippen LogP contribution is -2.51. The highest BCUT2D eigenvalue weighted by atomic mass is 16.3. The predicted molar refractivity (Wildman–Crippen MR) is 104 cm³/mol. The molecule has 1 aromatic carbocycles. The zero-order chi connectivity index (χ0) is 19.3. The highest BCUT2D eigenvalue weighted by Gasteiger charge is 2.40. The van der Waals surface area contributed by atoms with Gasteiger partial charge in [-0.05, 0) is 56.7 Å². The Bertz CT molecular complexity index is 745. The minimum absolute atomic E-state index is 0.0994. The molecule has 144 valence electrons.